The van der Waals surface area contributed by atoms with Gasteiger partial charge in [-0.2, -0.15) is 0 Å². The number of rotatable bonds is 4. The minimum atomic E-state index is -0.160. The molecule has 0 aliphatic carbocycles. The summed E-state index contributed by atoms with van der Waals surface area (Å²) in [5.74, 6) is -0.160. The summed E-state index contributed by atoms with van der Waals surface area (Å²) in [6.45, 7) is 2.01. The van der Waals surface area contributed by atoms with E-state index in [1.807, 2.05) is 79.7 Å². The van der Waals surface area contributed by atoms with Crippen molar-refractivity contribution in [2.24, 2.45) is 0 Å². The zero-order valence-corrected chi connectivity index (χ0v) is 14.1. The highest BCUT2D eigenvalue weighted by molar-refractivity contribution is 7.81. The van der Waals surface area contributed by atoms with Gasteiger partial charge in [-0.05, 0) is 30.7 Å². The summed E-state index contributed by atoms with van der Waals surface area (Å²) in [6, 6.07) is 24.9. The summed E-state index contributed by atoms with van der Waals surface area (Å²) in [7, 11) is 0. The molecular formula is C21H17NOS. The number of aryl methyl sites for hydroxylation is 1. The molecule has 0 saturated carbocycles. The van der Waals surface area contributed by atoms with Crippen molar-refractivity contribution in [1.82, 2.24) is 0 Å². The maximum absolute atomic E-state index is 12.7. The smallest absolute Gasteiger partial charge is 0.256 e. The molecule has 1 amide bonds. The molecule has 0 saturated heterocycles. The van der Waals surface area contributed by atoms with Gasteiger partial charge in [-0.15, -0.1) is 0 Å². The van der Waals surface area contributed by atoms with Gasteiger partial charge < -0.3 is 5.32 Å². The highest BCUT2D eigenvalue weighted by atomic mass is 32.1. The summed E-state index contributed by atoms with van der Waals surface area (Å²) in [5.41, 5.74) is 4.20. The quantitative estimate of drug-likeness (QED) is 0.537. The summed E-state index contributed by atoms with van der Waals surface area (Å²) >= 11 is 5.60. The fraction of sp³-hybridized carbons (Fsp3) is 0.0476. The summed E-state index contributed by atoms with van der Waals surface area (Å²) < 4.78 is 0. The predicted octanol–water partition coefficient (Wildman–Crippen LogP) is 5.01. The average Bonchev–Trinajstić information content (AvgIpc) is 2.63. The summed E-state index contributed by atoms with van der Waals surface area (Å²) in [6.07, 6.45) is 0. The van der Waals surface area contributed by atoms with E-state index >= 15 is 0 Å². The Morgan fingerprint density at radius 2 is 1.38 bits per heavy atom. The van der Waals surface area contributed by atoms with Crippen LogP contribution in [0.1, 0.15) is 27.0 Å². The molecule has 0 aliphatic rings. The molecule has 3 heteroatoms. The molecule has 3 rings (SSSR count). The Kier molecular flexibility index (Phi) is 4.82. The number of anilines is 1. The van der Waals surface area contributed by atoms with Gasteiger partial charge >= 0.3 is 0 Å². The molecule has 0 fully saturated rings. The van der Waals surface area contributed by atoms with Crippen LogP contribution in [0.5, 0.6) is 0 Å². The molecule has 24 heavy (non-hydrogen) atoms. The maximum atomic E-state index is 12.7. The lowest BCUT2D eigenvalue weighted by Gasteiger charge is -2.11. The molecule has 0 bridgehead atoms. The number of thiocarbonyl (C=S) groups is 1. The van der Waals surface area contributed by atoms with Crippen LogP contribution in [0.4, 0.5) is 5.69 Å². The second kappa shape index (κ2) is 7.20. The molecule has 0 unspecified atom stereocenters. The van der Waals surface area contributed by atoms with Crippen LogP contribution >= 0.6 is 12.2 Å². The zero-order valence-electron chi connectivity index (χ0n) is 13.3. The van der Waals surface area contributed by atoms with Crippen LogP contribution in [0.3, 0.4) is 0 Å². The van der Waals surface area contributed by atoms with Crippen molar-refractivity contribution in [1.29, 1.82) is 0 Å². The third kappa shape index (κ3) is 3.58. The van der Waals surface area contributed by atoms with Gasteiger partial charge in [0.05, 0.1) is 4.86 Å². The average molecular weight is 331 g/mol. The molecule has 0 heterocycles. The fourth-order valence-corrected chi connectivity index (χ4v) is 2.77. The number of carbonyl (C=O) groups is 1. The molecule has 1 N–H and O–H groups in total. The number of carbonyl (C=O) groups excluding carboxylic acids is 1. The van der Waals surface area contributed by atoms with Gasteiger partial charge in [0.1, 0.15) is 0 Å². The highest BCUT2D eigenvalue weighted by Crippen LogP contribution is 2.18. The highest BCUT2D eigenvalue weighted by Gasteiger charge is 2.15. The van der Waals surface area contributed by atoms with E-state index in [-0.39, 0.29) is 5.91 Å². The van der Waals surface area contributed by atoms with Crippen molar-refractivity contribution >= 4 is 28.7 Å². The Morgan fingerprint density at radius 3 is 2.04 bits per heavy atom. The van der Waals surface area contributed by atoms with Gasteiger partial charge in [-0.3, -0.25) is 4.79 Å². The molecular weight excluding hydrogens is 314 g/mol. The summed E-state index contributed by atoms with van der Waals surface area (Å²) in [4.78, 5) is 13.4. The van der Waals surface area contributed by atoms with Gasteiger partial charge in [-0.25, -0.2) is 0 Å². The lowest BCUT2D eigenvalue weighted by Crippen LogP contribution is -2.16. The lowest BCUT2D eigenvalue weighted by atomic mass is 9.99. The topological polar surface area (TPSA) is 29.1 Å². The van der Waals surface area contributed by atoms with Gasteiger partial charge in [0.15, 0.2) is 0 Å². The monoisotopic (exact) mass is 331 g/mol. The SMILES string of the molecule is Cc1ccc(NC(=O)c2ccccc2C(=S)c2ccccc2)cc1. The van der Waals surface area contributed by atoms with Crippen molar-refractivity contribution in [2.45, 2.75) is 6.92 Å². The Labute approximate surface area is 147 Å². The third-order valence-electron chi connectivity index (χ3n) is 3.76. The molecule has 118 valence electrons. The number of nitrogens with one attached hydrogen (secondary N) is 1. The number of amides is 1. The first-order chi connectivity index (χ1) is 11.6. The Bertz CT molecular complexity index is 870. The fourth-order valence-electron chi connectivity index (χ4n) is 2.46. The molecule has 0 aliphatic heterocycles. The summed E-state index contributed by atoms with van der Waals surface area (Å²) in [5, 5.41) is 2.93. The van der Waals surface area contributed by atoms with Gasteiger partial charge in [0.25, 0.3) is 5.91 Å². The van der Waals surface area contributed by atoms with E-state index in [1.165, 1.54) is 0 Å². The van der Waals surface area contributed by atoms with E-state index in [0.29, 0.717) is 10.4 Å². The molecule has 0 atom stereocenters. The minimum Gasteiger partial charge on any atom is -0.322 e. The van der Waals surface area contributed by atoms with E-state index in [2.05, 4.69) is 5.32 Å². The number of benzene rings is 3. The van der Waals surface area contributed by atoms with Crippen LogP contribution < -0.4 is 5.32 Å². The van der Waals surface area contributed by atoms with E-state index in [9.17, 15) is 4.79 Å². The van der Waals surface area contributed by atoms with Crippen LogP contribution in [-0.4, -0.2) is 10.8 Å². The number of hydrogen-bond donors (Lipinski definition) is 1. The first-order valence-corrected chi connectivity index (χ1v) is 8.13. The van der Waals surface area contributed by atoms with E-state index < -0.39 is 0 Å². The van der Waals surface area contributed by atoms with Crippen molar-refractivity contribution in [2.75, 3.05) is 5.32 Å². The van der Waals surface area contributed by atoms with Crippen LogP contribution in [0.15, 0.2) is 78.9 Å². The van der Waals surface area contributed by atoms with E-state index in [1.54, 1.807) is 6.07 Å². The van der Waals surface area contributed by atoms with Crippen molar-refractivity contribution in [3.05, 3.63) is 101 Å². The van der Waals surface area contributed by atoms with Crippen molar-refractivity contribution < 1.29 is 4.79 Å². The van der Waals surface area contributed by atoms with E-state index in [4.69, 9.17) is 12.2 Å². The molecule has 0 aromatic heterocycles. The first kappa shape index (κ1) is 16.1. The molecule has 3 aromatic rings. The van der Waals surface area contributed by atoms with Gasteiger partial charge in [0, 0.05) is 16.8 Å². The van der Waals surface area contributed by atoms with Crippen molar-refractivity contribution in [3.63, 3.8) is 0 Å². The second-order valence-corrected chi connectivity index (χ2v) is 5.97. The number of hydrogen-bond acceptors (Lipinski definition) is 2. The van der Waals surface area contributed by atoms with Crippen LogP contribution in [0.2, 0.25) is 0 Å². The van der Waals surface area contributed by atoms with Crippen molar-refractivity contribution in [3.8, 4) is 0 Å². The molecule has 3 aromatic carbocycles. The second-order valence-electron chi connectivity index (χ2n) is 5.56. The molecule has 0 radical (unpaired) electrons. The Morgan fingerprint density at radius 1 is 0.792 bits per heavy atom. The van der Waals surface area contributed by atoms with E-state index in [0.717, 1.165) is 22.4 Å². The van der Waals surface area contributed by atoms with Gasteiger partial charge in [0.2, 0.25) is 0 Å². The molecule has 0 spiro atoms. The minimum absolute atomic E-state index is 0.160. The Balaban J connectivity index is 1.90. The molecule has 2 nitrogen and oxygen atoms in total. The lowest BCUT2D eigenvalue weighted by molar-refractivity contribution is 0.102. The third-order valence-corrected chi connectivity index (χ3v) is 4.22. The first-order valence-electron chi connectivity index (χ1n) is 7.72. The van der Waals surface area contributed by atoms with Crippen LogP contribution in [-0.2, 0) is 0 Å². The van der Waals surface area contributed by atoms with Crippen LogP contribution in [0.25, 0.3) is 0 Å². The Hall–Kier alpha value is -2.78. The largest absolute Gasteiger partial charge is 0.322 e. The van der Waals surface area contributed by atoms with Crippen LogP contribution in [0, 0.1) is 6.92 Å². The normalized spacial score (nSPS) is 10.2. The van der Waals surface area contributed by atoms with Gasteiger partial charge in [-0.1, -0.05) is 78.4 Å². The maximum Gasteiger partial charge on any atom is 0.256 e. The standard InChI is InChI=1S/C21H17NOS/c1-15-11-13-17(14-12-15)22-21(23)19-10-6-5-9-18(19)20(24)16-7-3-2-4-8-16/h2-14H,1H3,(H,22,23). The zero-order chi connectivity index (χ0) is 16.9. The predicted molar refractivity (Wildman–Crippen MR) is 103 cm³/mol.